The van der Waals surface area contributed by atoms with Crippen LogP contribution in [0.4, 0.5) is 0 Å². The number of rotatable bonds is 4. The molecule has 0 spiro atoms. The summed E-state index contributed by atoms with van der Waals surface area (Å²) < 4.78 is 0. The molecule has 1 unspecified atom stereocenters. The van der Waals surface area contributed by atoms with Crippen molar-refractivity contribution in [2.24, 2.45) is 5.41 Å². The highest BCUT2D eigenvalue weighted by atomic mass is 16.3. The predicted octanol–water partition coefficient (Wildman–Crippen LogP) is -0.0307. The van der Waals surface area contributed by atoms with Gasteiger partial charge in [-0.2, -0.15) is 0 Å². The van der Waals surface area contributed by atoms with Crippen LogP contribution >= 0.6 is 0 Å². The third-order valence-corrected chi connectivity index (χ3v) is 3.47. The van der Waals surface area contributed by atoms with E-state index in [2.05, 4.69) is 5.32 Å². The third kappa shape index (κ3) is 2.16. The van der Waals surface area contributed by atoms with E-state index in [4.69, 9.17) is 5.11 Å². The van der Waals surface area contributed by atoms with Crippen LogP contribution in [0.1, 0.15) is 26.2 Å². The Morgan fingerprint density at radius 2 is 2.33 bits per heavy atom. The molecule has 86 valence electrons. The first kappa shape index (κ1) is 10.9. The highest BCUT2D eigenvalue weighted by molar-refractivity contribution is 5.83. The lowest BCUT2D eigenvalue weighted by Gasteiger charge is -2.31. The van der Waals surface area contributed by atoms with Crippen molar-refractivity contribution in [1.82, 2.24) is 10.2 Å². The highest BCUT2D eigenvalue weighted by Gasteiger charge is 2.43. The number of aliphatic hydroxyl groups excluding tert-OH is 1. The standard InChI is InChI=1S/C11H20N2O2/c1-11(4-5-12-8-11)10(15)13(6-7-14)9-2-3-9/h9,12,14H,2-8H2,1H3. The minimum atomic E-state index is -0.238. The molecule has 1 amide bonds. The summed E-state index contributed by atoms with van der Waals surface area (Å²) in [6.07, 6.45) is 3.13. The summed E-state index contributed by atoms with van der Waals surface area (Å²) in [6.45, 7) is 4.31. The molecule has 15 heavy (non-hydrogen) atoms. The number of amides is 1. The molecule has 2 rings (SSSR count). The normalized spacial score (nSPS) is 30.5. The molecule has 0 bridgehead atoms. The number of nitrogens with zero attached hydrogens (tertiary/aromatic N) is 1. The molecule has 0 aromatic heterocycles. The monoisotopic (exact) mass is 212 g/mol. The van der Waals surface area contributed by atoms with Crippen LogP contribution in [-0.2, 0) is 4.79 Å². The molecule has 1 saturated heterocycles. The van der Waals surface area contributed by atoms with Crippen LogP contribution in [-0.4, -0.2) is 48.2 Å². The first-order valence-electron chi connectivity index (χ1n) is 5.80. The van der Waals surface area contributed by atoms with Gasteiger partial charge in [0.15, 0.2) is 0 Å². The maximum absolute atomic E-state index is 12.3. The van der Waals surface area contributed by atoms with E-state index in [0.29, 0.717) is 12.6 Å². The molecule has 1 saturated carbocycles. The summed E-state index contributed by atoms with van der Waals surface area (Å²) in [4.78, 5) is 14.2. The molecule has 0 aromatic carbocycles. The lowest BCUT2D eigenvalue weighted by Crippen LogP contribution is -2.46. The van der Waals surface area contributed by atoms with Gasteiger partial charge in [-0.25, -0.2) is 0 Å². The summed E-state index contributed by atoms with van der Waals surface area (Å²) in [6, 6.07) is 0.405. The summed E-state index contributed by atoms with van der Waals surface area (Å²) in [5, 5.41) is 12.2. The maximum Gasteiger partial charge on any atom is 0.230 e. The first-order valence-corrected chi connectivity index (χ1v) is 5.80. The van der Waals surface area contributed by atoms with Gasteiger partial charge >= 0.3 is 0 Å². The minimum absolute atomic E-state index is 0.0751. The number of hydrogen-bond donors (Lipinski definition) is 2. The molecule has 1 aliphatic carbocycles. The van der Waals surface area contributed by atoms with Crippen molar-refractivity contribution < 1.29 is 9.90 Å². The zero-order valence-corrected chi connectivity index (χ0v) is 9.33. The van der Waals surface area contributed by atoms with Crippen LogP contribution in [0.3, 0.4) is 0 Å². The quantitative estimate of drug-likeness (QED) is 0.688. The fourth-order valence-electron chi connectivity index (χ4n) is 2.29. The second kappa shape index (κ2) is 4.10. The van der Waals surface area contributed by atoms with Gasteiger partial charge in [0, 0.05) is 19.1 Å². The smallest absolute Gasteiger partial charge is 0.230 e. The summed E-state index contributed by atoms with van der Waals surface area (Å²) >= 11 is 0. The maximum atomic E-state index is 12.3. The Labute approximate surface area is 90.6 Å². The Morgan fingerprint density at radius 3 is 2.80 bits per heavy atom. The van der Waals surface area contributed by atoms with Crippen LogP contribution < -0.4 is 5.32 Å². The second-order valence-corrected chi connectivity index (χ2v) is 4.94. The number of carbonyl (C=O) groups excluding carboxylic acids is 1. The summed E-state index contributed by atoms with van der Waals surface area (Å²) in [5.41, 5.74) is -0.238. The Balaban J connectivity index is 2.02. The zero-order chi connectivity index (χ0) is 10.9. The molecule has 2 fully saturated rings. The highest BCUT2D eigenvalue weighted by Crippen LogP contribution is 2.33. The van der Waals surface area contributed by atoms with Crippen LogP contribution in [0.15, 0.2) is 0 Å². The lowest BCUT2D eigenvalue weighted by molar-refractivity contribution is -0.141. The van der Waals surface area contributed by atoms with Crippen LogP contribution in [0.2, 0.25) is 0 Å². The van der Waals surface area contributed by atoms with E-state index in [-0.39, 0.29) is 17.9 Å². The largest absolute Gasteiger partial charge is 0.395 e. The Morgan fingerprint density at radius 1 is 1.60 bits per heavy atom. The molecule has 0 aromatic rings. The summed E-state index contributed by atoms with van der Waals surface area (Å²) in [7, 11) is 0. The molecule has 2 aliphatic rings. The van der Waals surface area contributed by atoms with E-state index < -0.39 is 0 Å². The molecule has 4 nitrogen and oxygen atoms in total. The Kier molecular flexibility index (Phi) is 2.98. The Hall–Kier alpha value is -0.610. The van der Waals surface area contributed by atoms with Gasteiger partial charge in [-0.15, -0.1) is 0 Å². The van der Waals surface area contributed by atoms with Gasteiger partial charge in [-0.05, 0) is 32.7 Å². The molecule has 4 heteroatoms. The van der Waals surface area contributed by atoms with E-state index in [1.54, 1.807) is 0 Å². The van der Waals surface area contributed by atoms with E-state index in [0.717, 1.165) is 32.4 Å². The first-order chi connectivity index (χ1) is 7.17. The average Bonchev–Trinajstić information content (AvgIpc) is 2.97. The van der Waals surface area contributed by atoms with Gasteiger partial charge in [0.25, 0.3) is 0 Å². The second-order valence-electron chi connectivity index (χ2n) is 4.94. The van der Waals surface area contributed by atoms with Crippen LogP contribution in [0.5, 0.6) is 0 Å². The van der Waals surface area contributed by atoms with Crippen LogP contribution in [0, 0.1) is 5.41 Å². The molecule has 0 radical (unpaired) electrons. The minimum Gasteiger partial charge on any atom is -0.395 e. The fourth-order valence-corrected chi connectivity index (χ4v) is 2.29. The van der Waals surface area contributed by atoms with Crippen molar-refractivity contribution in [3.63, 3.8) is 0 Å². The number of aliphatic hydroxyl groups is 1. The molecule has 1 aliphatic heterocycles. The number of hydrogen-bond acceptors (Lipinski definition) is 3. The van der Waals surface area contributed by atoms with Crippen molar-refractivity contribution in [2.75, 3.05) is 26.2 Å². The topological polar surface area (TPSA) is 52.6 Å². The molecular weight excluding hydrogens is 192 g/mol. The van der Waals surface area contributed by atoms with Crippen molar-refractivity contribution in [2.45, 2.75) is 32.2 Å². The van der Waals surface area contributed by atoms with Crippen LogP contribution in [0.25, 0.3) is 0 Å². The van der Waals surface area contributed by atoms with Gasteiger partial charge in [0.05, 0.1) is 12.0 Å². The van der Waals surface area contributed by atoms with Gasteiger partial charge in [-0.1, -0.05) is 0 Å². The zero-order valence-electron chi connectivity index (χ0n) is 9.33. The van der Waals surface area contributed by atoms with Crippen molar-refractivity contribution in [3.8, 4) is 0 Å². The van der Waals surface area contributed by atoms with Crippen molar-refractivity contribution in [1.29, 1.82) is 0 Å². The Bertz CT molecular complexity index is 245. The van der Waals surface area contributed by atoms with Gasteiger partial charge in [0.1, 0.15) is 0 Å². The van der Waals surface area contributed by atoms with Gasteiger partial charge in [-0.3, -0.25) is 4.79 Å². The number of carbonyl (C=O) groups is 1. The van der Waals surface area contributed by atoms with Gasteiger partial charge < -0.3 is 15.3 Å². The number of nitrogens with one attached hydrogen (secondary N) is 1. The predicted molar refractivity (Wildman–Crippen MR) is 57.4 cm³/mol. The molecule has 1 atom stereocenters. The molecular formula is C11H20N2O2. The van der Waals surface area contributed by atoms with E-state index >= 15 is 0 Å². The van der Waals surface area contributed by atoms with E-state index in [9.17, 15) is 4.79 Å². The van der Waals surface area contributed by atoms with Crippen molar-refractivity contribution in [3.05, 3.63) is 0 Å². The van der Waals surface area contributed by atoms with E-state index in [1.807, 2.05) is 11.8 Å². The van der Waals surface area contributed by atoms with Crippen molar-refractivity contribution >= 4 is 5.91 Å². The molecule has 2 N–H and O–H groups in total. The summed E-state index contributed by atoms with van der Waals surface area (Å²) in [5.74, 6) is 0.226. The van der Waals surface area contributed by atoms with Gasteiger partial charge in [0.2, 0.25) is 5.91 Å². The average molecular weight is 212 g/mol. The molecule has 1 heterocycles. The third-order valence-electron chi connectivity index (χ3n) is 3.47. The lowest BCUT2D eigenvalue weighted by atomic mass is 9.88. The van der Waals surface area contributed by atoms with E-state index in [1.165, 1.54) is 0 Å². The fraction of sp³-hybridized carbons (Fsp3) is 0.909. The SMILES string of the molecule is CC1(C(=O)N(CCO)C2CC2)CCNC1.